The Labute approximate surface area is 119 Å². The highest BCUT2D eigenvalue weighted by Gasteiger charge is 2.35. The van der Waals surface area contributed by atoms with Gasteiger partial charge in [0.15, 0.2) is 0 Å². The minimum Gasteiger partial charge on any atom is -0.388 e. The van der Waals surface area contributed by atoms with Gasteiger partial charge in [-0.1, -0.05) is 13.8 Å². The average molecular weight is 281 g/mol. The third-order valence-corrected chi connectivity index (χ3v) is 3.73. The Morgan fingerprint density at radius 2 is 2.30 bits per heavy atom. The van der Waals surface area contributed by atoms with Crippen LogP contribution in [0.4, 0.5) is 0 Å². The summed E-state index contributed by atoms with van der Waals surface area (Å²) in [7, 11) is 1.77. The number of rotatable bonds is 4. The molecule has 2 atom stereocenters. The number of likely N-dealkylation sites (N-methyl/N-ethyl adjacent to an activating group) is 1. The number of ether oxygens (including phenoxy) is 1. The van der Waals surface area contributed by atoms with Crippen molar-refractivity contribution in [2.75, 3.05) is 19.8 Å². The normalized spacial score (nSPS) is 22.5. The number of aromatic nitrogens is 2. The molecule has 6 heteroatoms. The van der Waals surface area contributed by atoms with E-state index in [0.717, 1.165) is 5.69 Å². The number of amides is 1. The van der Waals surface area contributed by atoms with Gasteiger partial charge in [0.2, 0.25) is 0 Å². The fourth-order valence-corrected chi connectivity index (χ4v) is 2.48. The van der Waals surface area contributed by atoms with Crippen LogP contribution in [0.15, 0.2) is 6.07 Å². The van der Waals surface area contributed by atoms with Crippen molar-refractivity contribution in [1.29, 1.82) is 0 Å². The third-order valence-electron chi connectivity index (χ3n) is 3.73. The molecule has 112 valence electrons. The predicted molar refractivity (Wildman–Crippen MR) is 74.6 cm³/mol. The molecule has 0 spiro atoms. The minimum atomic E-state index is -0.614. The third kappa shape index (κ3) is 2.71. The molecule has 1 N–H and O–H groups in total. The Balaban J connectivity index is 2.24. The van der Waals surface area contributed by atoms with E-state index in [1.54, 1.807) is 16.6 Å². The lowest BCUT2D eigenvalue weighted by atomic mass is 10.1. The summed E-state index contributed by atoms with van der Waals surface area (Å²) in [6, 6.07) is 1.56. The molecule has 1 aromatic rings. The molecule has 2 rings (SSSR count). The number of aryl methyl sites for hydroxylation is 1. The molecule has 0 aromatic carbocycles. The summed E-state index contributed by atoms with van der Waals surface area (Å²) in [4.78, 5) is 14.3. The van der Waals surface area contributed by atoms with E-state index in [9.17, 15) is 9.90 Å². The fourth-order valence-electron chi connectivity index (χ4n) is 2.48. The maximum Gasteiger partial charge on any atom is 0.272 e. The molecule has 1 fully saturated rings. The molecule has 0 aliphatic carbocycles. The second-order valence-corrected chi connectivity index (χ2v) is 5.50. The number of aliphatic hydroxyl groups is 1. The summed E-state index contributed by atoms with van der Waals surface area (Å²) in [6.07, 6.45) is -0.614. The maximum absolute atomic E-state index is 12.7. The van der Waals surface area contributed by atoms with Crippen molar-refractivity contribution < 1.29 is 14.6 Å². The first kappa shape index (κ1) is 15.0. The number of carbonyl (C=O) groups excluding carboxylic acids is 1. The Morgan fingerprint density at radius 1 is 1.60 bits per heavy atom. The molecule has 1 amide bonds. The van der Waals surface area contributed by atoms with E-state index in [4.69, 9.17) is 4.74 Å². The summed E-state index contributed by atoms with van der Waals surface area (Å²) in [6.45, 7) is 7.20. The zero-order valence-corrected chi connectivity index (χ0v) is 12.5. The fraction of sp³-hybridized carbons (Fsp3) is 0.714. The highest BCUT2D eigenvalue weighted by Crippen LogP contribution is 2.19. The summed E-state index contributed by atoms with van der Waals surface area (Å²) >= 11 is 0. The molecule has 20 heavy (non-hydrogen) atoms. The van der Waals surface area contributed by atoms with E-state index in [1.165, 1.54) is 0 Å². The number of nitrogens with zero attached hydrogens (tertiary/aromatic N) is 3. The summed E-state index contributed by atoms with van der Waals surface area (Å²) in [5, 5.41) is 14.3. The van der Waals surface area contributed by atoms with E-state index in [0.29, 0.717) is 18.8 Å². The van der Waals surface area contributed by atoms with Crippen LogP contribution in [0, 0.1) is 0 Å². The topological polar surface area (TPSA) is 67.6 Å². The Hall–Kier alpha value is -1.40. The minimum absolute atomic E-state index is 0.107. The Kier molecular flexibility index (Phi) is 4.45. The molecule has 2 heterocycles. The van der Waals surface area contributed by atoms with Gasteiger partial charge < -0.3 is 14.7 Å². The van der Waals surface area contributed by atoms with Gasteiger partial charge >= 0.3 is 0 Å². The van der Waals surface area contributed by atoms with Gasteiger partial charge in [0.05, 0.1) is 31.1 Å². The van der Waals surface area contributed by atoms with Crippen LogP contribution in [0.1, 0.15) is 42.9 Å². The van der Waals surface area contributed by atoms with Crippen LogP contribution in [-0.2, 0) is 11.8 Å². The molecule has 1 aromatic heterocycles. The SMILES string of the molecule is CCN(C(=O)c1cc(C(C)C)nn1C)[C@H]1COC[C@@H]1O. The smallest absolute Gasteiger partial charge is 0.272 e. The van der Waals surface area contributed by atoms with E-state index in [2.05, 4.69) is 5.10 Å². The number of aliphatic hydroxyl groups excluding tert-OH is 1. The van der Waals surface area contributed by atoms with Gasteiger partial charge in [-0.15, -0.1) is 0 Å². The van der Waals surface area contributed by atoms with Crippen molar-refractivity contribution in [1.82, 2.24) is 14.7 Å². The monoisotopic (exact) mass is 281 g/mol. The molecule has 0 saturated carbocycles. The number of hydrogen-bond acceptors (Lipinski definition) is 4. The van der Waals surface area contributed by atoms with Gasteiger partial charge in [0.1, 0.15) is 5.69 Å². The first-order valence-electron chi connectivity index (χ1n) is 7.06. The van der Waals surface area contributed by atoms with Crippen LogP contribution in [0.25, 0.3) is 0 Å². The van der Waals surface area contributed by atoms with Crippen LogP contribution in [0.3, 0.4) is 0 Å². The highest BCUT2D eigenvalue weighted by atomic mass is 16.5. The molecular formula is C14H23N3O3. The van der Waals surface area contributed by atoms with Crippen LogP contribution in [0.5, 0.6) is 0 Å². The average Bonchev–Trinajstić information content (AvgIpc) is 2.97. The van der Waals surface area contributed by atoms with Gasteiger partial charge in [0.25, 0.3) is 5.91 Å². The summed E-state index contributed by atoms with van der Waals surface area (Å²) in [5.41, 5.74) is 1.45. The molecule has 1 aliphatic rings. The molecule has 0 radical (unpaired) electrons. The summed E-state index contributed by atoms with van der Waals surface area (Å²) < 4.78 is 6.86. The zero-order valence-electron chi connectivity index (χ0n) is 12.5. The van der Waals surface area contributed by atoms with Crippen LogP contribution < -0.4 is 0 Å². The van der Waals surface area contributed by atoms with Gasteiger partial charge in [-0.3, -0.25) is 9.48 Å². The van der Waals surface area contributed by atoms with Gasteiger partial charge in [-0.25, -0.2) is 0 Å². The number of hydrogen-bond donors (Lipinski definition) is 1. The molecule has 6 nitrogen and oxygen atoms in total. The van der Waals surface area contributed by atoms with Crippen molar-refractivity contribution in [3.8, 4) is 0 Å². The second kappa shape index (κ2) is 5.93. The lowest BCUT2D eigenvalue weighted by Crippen LogP contribution is -2.47. The highest BCUT2D eigenvalue weighted by molar-refractivity contribution is 5.93. The van der Waals surface area contributed by atoms with E-state index in [-0.39, 0.29) is 24.5 Å². The summed E-state index contributed by atoms with van der Waals surface area (Å²) in [5.74, 6) is 0.169. The molecular weight excluding hydrogens is 258 g/mol. The lowest BCUT2D eigenvalue weighted by molar-refractivity contribution is 0.0510. The maximum atomic E-state index is 12.7. The van der Waals surface area contributed by atoms with Crippen LogP contribution in [-0.4, -0.2) is 57.6 Å². The van der Waals surface area contributed by atoms with Gasteiger partial charge in [0, 0.05) is 13.6 Å². The Morgan fingerprint density at radius 3 is 2.75 bits per heavy atom. The van der Waals surface area contributed by atoms with Gasteiger partial charge in [-0.2, -0.15) is 5.10 Å². The predicted octanol–water partition coefficient (Wildman–Crippen LogP) is 0.765. The second-order valence-electron chi connectivity index (χ2n) is 5.50. The van der Waals surface area contributed by atoms with Crippen molar-refractivity contribution in [2.24, 2.45) is 7.05 Å². The zero-order chi connectivity index (χ0) is 14.9. The van der Waals surface area contributed by atoms with Crippen molar-refractivity contribution in [2.45, 2.75) is 38.8 Å². The van der Waals surface area contributed by atoms with Crippen LogP contribution in [0.2, 0.25) is 0 Å². The quantitative estimate of drug-likeness (QED) is 0.885. The first-order chi connectivity index (χ1) is 9.45. The van der Waals surface area contributed by atoms with Gasteiger partial charge in [-0.05, 0) is 18.9 Å². The number of carbonyl (C=O) groups is 1. The van der Waals surface area contributed by atoms with Crippen molar-refractivity contribution >= 4 is 5.91 Å². The molecule has 1 saturated heterocycles. The first-order valence-corrected chi connectivity index (χ1v) is 7.06. The molecule has 0 bridgehead atoms. The standard InChI is InChI=1S/C14H23N3O3/c1-5-17(12-7-20-8-13(12)18)14(19)11-6-10(9(2)3)15-16(11)4/h6,9,12-13,18H,5,7-8H2,1-4H3/t12-,13-/m0/s1. The van der Waals surface area contributed by atoms with E-state index >= 15 is 0 Å². The molecule has 1 aliphatic heterocycles. The van der Waals surface area contributed by atoms with Crippen molar-refractivity contribution in [3.63, 3.8) is 0 Å². The van der Waals surface area contributed by atoms with Crippen molar-refractivity contribution in [3.05, 3.63) is 17.5 Å². The largest absolute Gasteiger partial charge is 0.388 e. The van der Waals surface area contributed by atoms with E-state index in [1.807, 2.05) is 26.8 Å². The lowest BCUT2D eigenvalue weighted by Gasteiger charge is -2.28. The molecule has 0 unspecified atom stereocenters. The van der Waals surface area contributed by atoms with Crippen LogP contribution >= 0.6 is 0 Å². The Bertz CT molecular complexity index is 484. The van der Waals surface area contributed by atoms with E-state index < -0.39 is 6.10 Å².